The second kappa shape index (κ2) is 5.03. The van der Waals surface area contributed by atoms with E-state index in [1.165, 1.54) is 12.1 Å². The minimum absolute atomic E-state index is 0.0432. The molecule has 1 aliphatic rings. The van der Waals surface area contributed by atoms with E-state index in [2.05, 4.69) is 15.5 Å². The van der Waals surface area contributed by atoms with Gasteiger partial charge in [0.05, 0.1) is 12.1 Å². The Morgan fingerprint density at radius 3 is 2.85 bits per heavy atom. The lowest BCUT2D eigenvalue weighted by Crippen LogP contribution is -2.25. The highest BCUT2D eigenvalue weighted by atomic mass is 19.1. The molecule has 3 rings (SSSR count). The third kappa shape index (κ3) is 2.41. The standard InChI is InChI=1S/C14H15FN4O/c1-9-17-18-13(19(9)10-6-7-10)8-16-14(20)11-4-2-3-5-12(11)15/h2-5,10H,6-8H2,1H3,(H,16,20). The van der Waals surface area contributed by atoms with Gasteiger partial charge in [0.2, 0.25) is 0 Å². The van der Waals surface area contributed by atoms with Crippen LogP contribution in [-0.4, -0.2) is 20.7 Å². The molecule has 0 radical (unpaired) electrons. The Hall–Kier alpha value is -2.24. The Kier molecular flexibility index (Phi) is 3.22. The van der Waals surface area contributed by atoms with Crippen LogP contribution in [0.5, 0.6) is 0 Å². The highest BCUT2D eigenvalue weighted by molar-refractivity contribution is 5.94. The number of rotatable bonds is 4. The van der Waals surface area contributed by atoms with Crippen molar-refractivity contribution in [3.63, 3.8) is 0 Å². The van der Waals surface area contributed by atoms with Gasteiger partial charge >= 0.3 is 0 Å². The topological polar surface area (TPSA) is 59.8 Å². The van der Waals surface area contributed by atoms with E-state index in [1.807, 2.05) is 11.5 Å². The molecular formula is C14H15FN4O. The molecule has 1 amide bonds. The Bertz CT molecular complexity index is 648. The van der Waals surface area contributed by atoms with E-state index < -0.39 is 11.7 Å². The van der Waals surface area contributed by atoms with Crippen molar-refractivity contribution in [1.29, 1.82) is 0 Å². The maximum atomic E-state index is 13.5. The van der Waals surface area contributed by atoms with Gasteiger partial charge in [0.25, 0.3) is 5.91 Å². The fraction of sp³-hybridized carbons (Fsp3) is 0.357. The molecule has 0 aliphatic heterocycles. The monoisotopic (exact) mass is 274 g/mol. The van der Waals surface area contributed by atoms with Crippen molar-refractivity contribution in [3.8, 4) is 0 Å². The largest absolute Gasteiger partial charge is 0.345 e. The molecule has 5 nitrogen and oxygen atoms in total. The molecule has 20 heavy (non-hydrogen) atoms. The summed E-state index contributed by atoms with van der Waals surface area (Å²) in [5, 5.41) is 10.8. The van der Waals surface area contributed by atoms with Crippen LogP contribution in [0.25, 0.3) is 0 Å². The number of carbonyl (C=O) groups excluding carboxylic acids is 1. The zero-order valence-electron chi connectivity index (χ0n) is 11.1. The van der Waals surface area contributed by atoms with Crippen molar-refractivity contribution in [2.24, 2.45) is 0 Å². The van der Waals surface area contributed by atoms with E-state index in [0.29, 0.717) is 6.04 Å². The number of benzene rings is 1. The molecule has 1 fully saturated rings. The summed E-state index contributed by atoms with van der Waals surface area (Å²) in [7, 11) is 0. The van der Waals surface area contributed by atoms with E-state index in [0.717, 1.165) is 24.5 Å². The molecule has 1 aromatic heterocycles. The number of halogens is 1. The first-order valence-corrected chi connectivity index (χ1v) is 6.60. The molecule has 1 saturated carbocycles. The van der Waals surface area contributed by atoms with Crippen LogP contribution < -0.4 is 5.32 Å². The average molecular weight is 274 g/mol. The highest BCUT2D eigenvalue weighted by Gasteiger charge is 2.28. The SMILES string of the molecule is Cc1nnc(CNC(=O)c2ccccc2F)n1C1CC1. The van der Waals surface area contributed by atoms with Crippen LogP contribution >= 0.6 is 0 Å². The second-order valence-electron chi connectivity index (χ2n) is 4.93. The van der Waals surface area contributed by atoms with Gasteiger partial charge in [-0.1, -0.05) is 12.1 Å². The van der Waals surface area contributed by atoms with Crippen LogP contribution in [0.15, 0.2) is 24.3 Å². The molecule has 0 saturated heterocycles. The lowest BCUT2D eigenvalue weighted by molar-refractivity contribution is 0.0945. The Labute approximate surface area is 115 Å². The number of aromatic nitrogens is 3. The summed E-state index contributed by atoms with van der Waals surface area (Å²) in [4.78, 5) is 11.9. The van der Waals surface area contributed by atoms with Crippen molar-refractivity contribution in [2.45, 2.75) is 32.4 Å². The Morgan fingerprint density at radius 1 is 1.40 bits per heavy atom. The molecular weight excluding hydrogens is 259 g/mol. The van der Waals surface area contributed by atoms with E-state index >= 15 is 0 Å². The van der Waals surface area contributed by atoms with E-state index in [4.69, 9.17) is 0 Å². The zero-order chi connectivity index (χ0) is 14.1. The van der Waals surface area contributed by atoms with E-state index in [-0.39, 0.29) is 12.1 Å². The summed E-state index contributed by atoms with van der Waals surface area (Å²) in [5.74, 6) is 0.605. The number of hydrogen-bond donors (Lipinski definition) is 1. The van der Waals surface area contributed by atoms with Crippen molar-refractivity contribution in [2.75, 3.05) is 0 Å². The Morgan fingerprint density at radius 2 is 2.15 bits per heavy atom. The molecule has 0 spiro atoms. The van der Waals surface area contributed by atoms with Gasteiger partial charge in [-0.15, -0.1) is 10.2 Å². The second-order valence-corrected chi connectivity index (χ2v) is 4.93. The molecule has 1 N–H and O–H groups in total. The number of hydrogen-bond acceptors (Lipinski definition) is 3. The highest BCUT2D eigenvalue weighted by Crippen LogP contribution is 2.36. The molecule has 1 aromatic carbocycles. The molecule has 104 valence electrons. The summed E-state index contributed by atoms with van der Waals surface area (Å²) in [5.41, 5.74) is 0.0432. The first-order chi connectivity index (χ1) is 9.66. The van der Waals surface area contributed by atoms with Crippen molar-refractivity contribution >= 4 is 5.91 Å². The van der Waals surface area contributed by atoms with Gasteiger partial charge in [0.1, 0.15) is 11.6 Å². The normalized spacial score (nSPS) is 14.3. The summed E-state index contributed by atoms with van der Waals surface area (Å²) in [6, 6.07) is 6.37. The molecule has 0 bridgehead atoms. The van der Waals surface area contributed by atoms with Gasteiger partial charge in [-0.25, -0.2) is 4.39 Å². The number of aryl methyl sites for hydroxylation is 1. The van der Waals surface area contributed by atoms with Crippen molar-refractivity contribution in [3.05, 3.63) is 47.3 Å². The van der Waals surface area contributed by atoms with Gasteiger partial charge in [0, 0.05) is 6.04 Å². The maximum absolute atomic E-state index is 13.5. The van der Waals surface area contributed by atoms with Gasteiger partial charge in [-0.05, 0) is 31.9 Å². The van der Waals surface area contributed by atoms with Crippen LogP contribution in [0.4, 0.5) is 4.39 Å². The maximum Gasteiger partial charge on any atom is 0.254 e. The first kappa shape index (κ1) is 12.8. The fourth-order valence-electron chi connectivity index (χ4n) is 2.24. The summed E-state index contributed by atoms with van der Waals surface area (Å²) in [6.45, 7) is 2.15. The number of nitrogens with zero attached hydrogens (tertiary/aromatic N) is 3. The first-order valence-electron chi connectivity index (χ1n) is 6.60. The van der Waals surface area contributed by atoms with E-state index in [1.54, 1.807) is 12.1 Å². The number of carbonyl (C=O) groups is 1. The number of nitrogens with one attached hydrogen (secondary N) is 1. The minimum Gasteiger partial charge on any atom is -0.345 e. The molecule has 0 unspecified atom stereocenters. The summed E-state index contributed by atoms with van der Waals surface area (Å²) >= 11 is 0. The quantitative estimate of drug-likeness (QED) is 0.927. The van der Waals surface area contributed by atoms with Gasteiger partial charge in [-0.2, -0.15) is 0 Å². The van der Waals surface area contributed by atoms with Crippen LogP contribution in [0, 0.1) is 12.7 Å². The smallest absolute Gasteiger partial charge is 0.254 e. The predicted molar refractivity (Wildman–Crippen MR) is 70.6 cm³/mol. The van der Waals surface area contributed by atoms with Crippen LogP contribution in [-0.2, 0) is 6.54 Å². The van der Waals surface area contributed by atoms with E-state index in [9.17, 15) is 9.18 Å². The zero-order valence-corrected chi connectivity index (χ0v) is 11.1. The lowest BCUT2D eigenvalue weighted by atomic mass is 10.2. The van der Waals surface area contributed by atoms with Crippen LogP contribution in [0.3, 0.4) is 0 Å². The molecule has 2 aromatic rings. The summed E-state index contributed by atoms with van der Waals surface area (Å²) < 4.78 is 15.5. The molecule has 1 heterocycles. The number of amides is 1. The Balaban J connectivity index is 1.71. The van der Waals surface area contributed by atoms with Gasteiger partial charge in [-0.3, -0.25) is 4.79 Å². The average Bonchev–Trinajstić information content (AvgIpc) is 3.20. The van der Waals surface area contributed by atoms with Gasteiger partial charge in [0.15, 0.2) is 5.82 Å². The molecule has 1 aliphatic carbocycles. The third-order valence-corrected chi connectivity index (χ3v) is 3.37. The lowest BCUT2D eigenvalue weighted by Gasteiger charge is -2.08. The van der Waals surface area contributed by atoms with Crippen LogP contribution in [0.1, 0.15) is 40.9 Å². The predicted octanol–water partition coefficient (Wildman–Crippen LogP) is 1.99. The van der Waals surface area contributed by atoms with Crippen molar-refractivity contribution in [1.82, 2.24) is 20.1 Å². The summed E-state index contributed by atoms with van der Waals surface area (Å²) in [6.07, 6.45) is 2.24. The molecule has 6 heteroatoms. The molecule has 0 atom stereocenters. The fourth-order valence-corrected chi connectivity index (χ4v) is 2.24. The minimum atomic E-state index is -0.523. The van der Waals surface area contributed by atoms with Crippen molar-refractivity contribution < 1.29 is 9.18 Å². The third-order valence-electron chi connectivity index (χ3n) is 3.37. The van der Waals surface area contributed by atoms with Crippen LogP contribution in [0.2, 0.25) is 0 Å². The van der Waals surface area contributed by atoms with Gasteiger partial charge < -0.3 is 9.88 Å².